The van der Waals surface area contributed by atoms with Gasteiger partial charge in [0.15, 0.2) is 0 Å². The molecule has 27 heavy (non-hydrogen) atoms. The van der Waals surface area contributed by atoms with E-state index in [2.05, 4.69) is 63.8 Å². The summed E-state index contributed by atoms with van der Waals surface area (Å²) in [5, 5.41) is 5.84. The molecule has 3 heterocycles. The Morgan fingerprint density at radius 3 is 2.70 bits per heavy atom. The molecule has 0 saturated carbocycles. The van der Waals surface area contributed by atoms with E-state index in [9.17, 15) is 0 Å². The van der Waals surface area contributed by atoms with E-state index in [-0.39, 0.29) is 0 Å². The lowest BCUT2D eigenvalue weighted by Gasteiger charge is -2.06. The number of anilines is 2. The highest BCUT2D eigenvalue weighted by Crippen LogP contribution is 2.38. The Morgan fingerprint density at radius 2 is 1.85 bits per heavy atom. The summed E-state index contributed by atoms with van der Waals surface area (Å²) in [6.07, 6.45) is 3.80. The maximum absolute atomic E-state index is 5.26. The van der Waals surface area contributed by atoms with Crippen molar-refractivity contribution in [1.82, 2.24) is 9.97 Å². The highest BCUT2D eigenvalue weighted by atomic mass is 32.1. The third-order valence-corrected chi connectivity index (χ3v) is 5.83. The molecule has 0 saturated heterocycles. The van der Waals surface area contributed by atoms with Crippen molar-refractivity contribution in [2.24, 2.45) is 0 Å². The van der Waals surface area contributed by atoms with Crippen LogP contribution in [0.5, 0.6) is 5.75 Å². The zero-order valence-electron chi connectivity index (χ0n) is 14.7. The van der Waals surface area contributed by atoms with Gasteiger partial charge >= 0.3 is 0 Å². The van der Waals surface area contributed by atoms with Gasteiger partial charge in [-0.05, 0) is 71.6 Å². The number of hydrogen-bond donors (Lipinski definition) is 2. The summed E-state index contributed by atoms with van der Waals surface area (Å²) in [5.74, 6) is 1.75. The van der Waals surface area contributed by atoms with Gasteiger partial charge in [-0.15, -0.1) is 11.3 Å². The van der Waals surface area contributed by atoms with Crippen LogP contribution in [0.4, 0.5) is 11.5 Å². The fourth-order valence-corrected chi connectivity index (χ4v) is 4.32. The molecule has 0 aliphatic rings. The van der Waals surface area contributed by atoms with E-state index in [1.54, 1.807) is 18.4 Å². The number of benzene rings is 2. The van der Waals surface area contributed by atoms with Crippen molar-refractivity contribution in [3.8, 4) is 16.2 Å². The monoisotopic (exact) mass is 371 g/mol. The number of H-pyrrole nitrogens is 1. The first-order valence-corrected chi connectivity index (χ1v) is 9.49. The summed E-state index contributed by atoms with van der Waals surface area (Å²) in [7, 11) is 1.68. The van der Waals surface area contributed by atoms with Crippen LogP contribution < -0.4 is 10.1 Å². The Hall–Kier alpha value is -3.31. The van der Waals surface area contributed by atoms with Crippen LogP contribution in [0.1, 0.15) is 0 Å². The van der Waals surface area contributed by atoms with E-state index in [0.29, 0.717) is 0 Å². The molecule has 5 rings (SSSR count). The molecule has 5 heteroatoms. The summed E-state index contributed by atoms with van der Waals surface area (Å²) >= 11 is 1.74. The number of methoxy groups -OCH3 is 1. The second-order valence-corrected chi connectivity index (χ2v) is 7.37. The minimum Gasteiger partial charge on any atom is -0.497 e. The van der Waals surface area contributed by atoms with E-state index in [1.807, 2.05) is 24.5 Å². The lowest BCUT2D eigenvalue weighted by Crippen LogP contribution is -1.92. The van der Waals surface area contributed by atoms with Crippen molar-refractivity contribution in [2.45, 2.75) is 0 Å². The quantitative estimate of drug-likeness (QED) is 0.396. The van der Waals surface area contributed by atoms with Gasteiger partial charge in [-0.3, -0.25) is 0 Å². The second-order valence-electron chi connectivity index (χ2n) is 6.32. The van der Waals surface area contributed by atoms with Crippen molar-refractivity contribution in [2.75, 3.05) is 12.4 Å². The first-order chi connectivity index (χ1) is 13.3. The molecule has 0 unspecified atom stereocenters. The maximum atomic E-state index is 5.26. The smallest absolute Gasteiger partial charge is 0.148 e. The number of thiophene rings is 1. The summed E-state index contributed by atoms with van der Waals surface area (Å²) < 4.78 is 6.41. The van der Waals surface area contributed by atoms with Crippen LogP contribution in [0.15, 0.2) is 73.1 Å². The second kappa shape index (κ2) is 6.45. The van der Waals surface area contributed by atoms with Gasteiger partial charge in [-0.1, -0.05) is 0 Å². The summed E-state index contributed by atoms with van der Waals surface area (Å²) in [6, 6.07) is 20.8. The molecule has 2 N–H and O–H groups in total. The zero-order valence-corrected chi connectivity index (χ0v) is 15.5. The number of ether oxygens (including phenoxy) is 1. The van der Waals surface area contributed by atoms with Gasteiger partial charge in [-0.25, -0.2) is 4.98 Å². The molecule has 0 amide bonds. The van der Waals surface area contributed by atoms with Crippen LogP contribution in [0, 0.1) is 0 Å². The van der Waals surface area contributed by atoms with Gasteiger partial charge in [0.1, 0.15) is 11.6 Å². The molecule has 5 aromatic rings. The van der Waals surface area contributed by atoms with Gasteiger partial charge in [0.25, 0.3) is 0 Å². The number of rotatable bonds is 4. The number of nitrogens with zero attached hydrogens (tertiary/aromatic N) is 1. The Bertz CT molecular complexity index is 1240. The molecule has 132 valence electrons. The number of nitrogens with one attached hydrogen (secondary N) is 2. The number of aromatic nitrogens is 2. The molecule has 0 spiro atoms. The van der Waals surface area contributed by atoms with E-state index in [0.717, 1.165) is 27.5 Å². The minimum absolute atomic E-state index is 0.865. The predicted molar refractivity (Wildman–Crippen MR) is 113 cm³/mol. The number of hydrogen-bond acceptors (Lipinski definition) is 4. The van der Waals surface area contributed by atoms with Gasteiger partial charge < -0.3 is 15.0 Å². The van der Waals surface area contributed by atoms with Crippen molar-refractivity contribution >= 4 is 43.8 Å². The van der Waals surface area contributed by atoms with Crippen molar-refractivity contribution in [3.05, 3.63) is 73.1 Å². The summed E-state index contributed by atoms with van der Waals surface area (Å²) in [4.78, 5) is 9.01. The standard InChI is InChI=1S/C22H17N3OS/c1-26-18-5-2-14(3-6-18)20-13-16-9-11-24-22(21(16)27-20)25-17-4-7-19-15(12-17)8-10-23-19/h2-13,23H,1H3,(H,24,25). The van der Waals surface area contributed by atoms with Crippen molar-refractivity contribution < 1.29 is 4.74 Å². The lowest BCUT2D eigenvalue weighted by atomic mass is 10.1. The number of aromatic amines is 1. The zero-order chi connectivity index (χ0) is 18.2. The van der Waals surface area contributed by atoms with E-state index < -0.39 is 0 Å². The van der Waals surface area contributed by atoms with Crippen molar-refractivity contribution in [3.63, 3.8) is 0 Å². The van der Waals surface area contributed by atoms with E-state index in [4.69, 9.17) is 4.74 Å². The predicted octanol–water partition coefficient (Wildman–Crippen LogP) is 6.20. The average Bonchev–Trinajstić information content (AvgIpc) is 3.35. The first-order valence-electron chi connectivity index (χ1n) is 8.67. The van der Waals surface area contributed by atoms with E-state index >= 15 is 0 Å². The highest BCUT2D eigenvalue weighted by Gasteiger charge is 2.10. The fraction of sp³-hybridized carbons (Fsp3) is 0.0455. The molecule has 0 aliphatic heterocycles. The third kappa shape index (κ3) is 2.92. The Morgan fingerprint density at radius 1 is 0.963 bits per heavy atom. The highest BCUT2D eigenvalue weighted by molar-refractivity contribution is 7.22. The lowest BCUT2D eigenvalue weighted by molar-refractivity contribution is 0.415. The molecule has 0 fully saturated rings. The molecule has 0 atom stereocenters. The van der Waals surface area contributed by atoms with Crippen LogP contribution >= 0.6 is 11.3 Å². The Balaban J connectivity index is 1.53. The van der Waals surface area contributed by atoms with Crippen molar-refractivity contribution in [1.29, 1.82) is 0 Å². The maximum Gasteiger partial charge on any atom is 0.148 e. The van der Waals surface area contributed by atoms with Gasteiger partial charge in [-0.2, -0.15) is 0 Å². The fourth-order valence-electron chi connectivity index (χ4n) is 3.22. The molecular formula is C22H17N3OS. The molecule has 0 aliphatic carbocycles. The van der Waals surface area contributed by atoms with E-state index in [1.165, 1.54) is 21.2 Å². The first kappa shape index (κ1) is 15.9. The van der Waals surface area contributed by atoms with Gasteiger partial charge in [0, 0.05) is 33.9 Å². The van der Waals surface area contributed by atoms with Crippen LogP contribution in [0.3, 0.4) is 0 Å². The topological polar surface area (TPSA) is 49.9 Å². The normalized spacial score (nSPS) is 11.1. The molecule has 0 radical (unpaired) electrons. The van der Waals surface area contributed by atoms with Crippen LogP contribution in [0.25, 0.3) is 31.4 Å². The summed E-state index contributed by atoms with van der Waals surface area (Å²) in [5.41, 5.74) is 3.34. The largest absolute Gasteiger partial charge is 0.497 e. The number of fused-ring (bicyclic) bond motifs is 2. The average molecular weight is 371 g/mol. The van der Waals surface area contributed by atoms with Crippen LogP contribution in [-0.4, -0.2) is 17.1 Å². The molecule has 3 aromatic heterocycles. The van der Waals surface area contributed by atoms with Crippen LogP contribution in [0.2, 0.25) is 0 Å². The number of pyridine rings is 1. The molecule has 0 bridgehead atoms. The molecule has 2 aromatic carbocycles. The minimum atomic E-state index is 0.865. The van der Waals surface area contributed by atoms with Gasteiger partial charge in [0.2, 0.25) is 0 Å². The summed E-state index contributed by atoms with van der Waals surface area (Å²) in [6.45, 7) is 0. The van der Waals surface area contributed by atoms with Gasteiger partial charge in [0.05, 0.1) is 11.8 Å². The third-order valence-electron chi connectivity index (χ3n) is 4.62. The SMILES string of the molecule is COc1ccc(-c2cc3ccnc(Nc4ccc5[nH]ccc5c4)c3s2)cc1. The Kier molecular flexibility index (Phi) is 3.80. The van der Waals surface area contributed by atoms with Crippen LogP contribution in [-0.2, 0) is 0 Å². The molecular weight excluding hydrogens is 354 g/mol. The molecule has 4 nitrogen and oxygen atoms in total. The Labute approximate surface area is 160 Å².